The molecule has 0 atom stereocenters. The summed E-state index contributed by atoms with van der Waals surface area (Å²) in [6.07, 6.45) is 6.16. The minimum Gasteiger partial charge on any atom is -0.455 e. The Balaban J connectivity index is 1.31. The van der Waals surface area contributed by atoms with Gasteiger partial charge in [-0.1, -0.05) is 140 Å². The zero-order valence-electron chi connectivity index (χ0n) is 25.6. The minimum absolute atomic E-state index is 0.876. The van der Waals surface area contributed by atoms with E-state index in [4.69, 9.17) is 9.40 Å². The van der Waals surface area contributed by atoms with Crippen molar-refractivity contribution >= 4 is 44.9 Å². The van der Waals surface area contributed by atoms with Gasteiger partial charge in [0.1, 0.15) is 11.2 Å². The van der Waals surface area contributed by atoms with Crippen LogP contribution in [0.25, 0.3) is 89.6 Å². The van der Waals surface area contributed by atoms with Gasteiger partial charge in [0.2, 0.25) is 0 Å². The second-order valence-corrected chi connectivity index (χ2v) is 11.5. The van der Waals surface area contributed by atoms with E-state index >= 15 is 0 Å². The molecule has 2 heteroatoms. The third kappa shape index (κ3) is 4.72. The summed E-state index contributed by atoms with van der Waals surface area (Å²) in [5.41, 5.74) is 12.5. The van der Waals surface area contributed by atoms with E-state index in [-0.39, 0.29) is 0 Å². The van der Waals surface area contributed by atoms with Crippen molar-refractivity contribution in [2.75, 3.05) is 0 Å². The van der Waals surface area contributed by atoms with E-state index in [0.717, 1.165) is 77.8 Å². The van der Waals surface area contributed by atoms with E-state index in [1.165, 1.54) is 10.8 Å². The fraction of sp³-hybridized carbons (Fsp3) is 0.0227. The largest absolute Gasteiger partial charge is 0.455 e. The Kier molecular flexibility index (Phi) is 6.89. The topological polar surface area (TPSA) is 26.0 Å². The molecular weight excluding hydrogens is 558 g/mol. The SMILES string of the molecule is C=Cc1ccc2oc3c(-c4ccc(-c5cc(-c6ccccc6)nc(-c6ccccc6)c5)cc4)cc4ccccc4c3c2c1/C=C\C. The van der Waals surface area contributed by atoms with E-state index in [9.17, 15) is 0 Å². The Morgan fingerprint density at radius 3 is 1.87 bits per heavy atom. The first-order valence-corrected chi connectivity index (χ1v) is 15.6. The first kappa shape index (κ1) is 27.6. The van der Waals surface area contributed by atoms with Gasteiger partial charge < -0.3 is 4.42 Å². The van der Waals surface area contributed by atoms with Crippen LogP contribution in [-0.4, -0.2) is 4.98 Å². The molecule has 0 N–H and O–H groups in total. The van der Waals surface area contributed by atoms with Crippen LogP contribution in [-0.2, 0) is 0 Å². The molecule has 2 nitrogen and oxygen atoms in total. The molecule has 218 valence electrons. The molecule has 0 saturated heterocycles. The van der Waals surface area contributed by atoms with Gasteiger partial charge in [-0.3, -0.25) is 0 Å². The third-order valence-corrected chi connectivity index (χ3v) is 8.75. The fourth-order valence-electron chi connectivity index (χ4n) is 6.54. The summed E-state index contributed by atoms with van der Waals surface area (Å²) in [5.74, 6) is 0. The van der Waals surface area contributed by atoms with E-state index < -0.39 is 0 Å². The highest BCUT2D eigenvalue weighted by Gasteiger charge is 2.19. The van der Waals surface area contributed by atoms with Gasteiger partial charge in [0.25, 0.3) is 0 Å². The van der Waals surface area contributed by atoms with E-state index in [1.807, 2.05) is 25.1 Å². The fourth-order valence-corrected chi connectivity index (χ4v) is 6.54. The summed E-state index contributed by atoms with van der Waals surface area (Å²) in [6.45, 7) is 6.13. The van der Waals surface area contributed by atoms with Crippen molar-refractivity contribution in [3.05, 3.63) is 163 Å². The molecule has 0 bridgehead atoms. The average Bonchev–Trinajstić information content (AvgIpc) is 3.53. The zero-order valence-corrected chi connectivity index (χ0v) is 25.6. The highest BCUT2D eigenvalue weighted by atomic mass is 16.3. The molecule has 0 amide bonds. The van der Waals surface area contributed by atoms with Crippen LogP contribution in [0, 0.1) is 0 Å². The number of benzene rings is 6. The lowest BCUT2D eigenvalue weighted by Crippen LogP contribution is -1.91. The highest BCUT2D eigenvalue weighted by Crippen LogP contribution is 2.43. The summed E-state index contributed by atoms with van der Waals surface area (Å²) in [7, 11) is 0. The molecule has 8 aromatic rings. The van der Waals surface area contributed by atoms with Gasteiger partial charge in [-0.05, 0) is 69.8 Å². The Bertz CT molecular complexity index is 2360. The molecule has 2 heterocycles. The van der Waals surface area contributed by atoms with Gasteiger partial charge in [0.05, 0.1) is 11.4 Å². The molecule has 8 rings (SSSR count). The molecule has 0 aliphatic carbocycles. The van der Waals surface area contributed by atoms with Crippen LogP contribution in [0.2, 0.25) is 0 Å². The van der Waals surface area contributed by atoms with Gasteiger partial charge in [0.15, 0.2) is 0 Å². The highest BCUT2D eigenvalue weighted by molar-refractivity contribution is 6.24. The third-order valence-electron chi connectivity index (χ3n) is 8.75. The molecule has 0 spiro atoms. The summed E-state index contributed by atoms with van der Waals surface area (Å²) < 4.78 is 6.70. The van der Waals surface area contributed by atoms with Crippen LogP contribution >= 0.6 is 0 Å². The Morgan fingerprint density at radius 2 is 1.22 bits per heavy atom. The number of hydrogen-bond donors (Lipinski definition) is 0. The molecule has 0 radical (unpaired) electrons. The molecule has 0 aliphatic heterocycles. The first-order valence-electron chi connectivity index (χ1n) is 15.6. The van der Waals surface area contributed by atoms with Gasteiger partial charge in [-0.2, -0.15) is 0 Å². The van der Waals surface area contributed by atoms with Gasteiger partial charge >= 0.3 is 0 Å². The van der Waals surface area contributed by atoms with Crippen molar-refractivity contribution < 1.29 is 4.42 Å². The monoisotopic (exact) mass is 589 g/mol. The lowest BCUT2D eigenvalue weighted by Gasteiger charge is -2.12. The maximum atomic E-state index is 6.70. The number of hydrogen-bond acceptors (Lipinski definition) is 2. The van der Waals surface area contributed by atoms with Crippen LogP contribution in [0.15, 0.2) is 157 Å². The summed E-state index contributed by atoms with van der Waals surface area (Å²) >= 11 is 0. The number of aromatic nitrogens is 1. The second kappa shape index (κ2) is 11.5. The summed E-state index contributed by atoms with van der Waals surface area (Å²) in [5, 5.41) is 4.63. The van der Waals surface area contributed by atoms with Crippen LogP contribution in [0.5, 0.6) is 0 Å². The molecule has 0 unspecified atom stereocenters. The van der Waals surface area contributed by atoms with Crippen LogP contribution in [0.4, 0.5) is 0 Å². The van der Waals surface area contributed by atoms with Crippen LogP contribution in [0.3, 0.4) is 0 Å². The standard InChI is InChI=1S/C44H31NO/c1-3-13-36-29(4-2)24-25-41-42(36)43-37-19-12-11-18-34(37)26-38(44(43)46-41)31-22-20-30(21-23-31)35-27-39(32-14-7-5-8-15-32)45-40(28-35)33-16-9-6-10-17-33/h3-28H,2H2,1H3/b13-3-. The Labute approximate surface area is 268 Å². The van der Waals surface area contributed by atoms with Crippen molar-refractivity contribution in [3.8, 4) is 44.8 Å². The normalized spacial score (nSPS) is 11.6. The number of rotatable bonds is 6. The lowest BCUT2D eigenvalue weighted by atomic mass is 9.92. The predicted molar refractivity (Wildman–Crippen MR) is 196 cm³/mol. The number of furan rings is 1. The van der Waals surface area contributed by atoms with Crippen molar-refractivity contribution in [3.63, 3.8) is 0 Å². The molecule has 0 fully saturated rings. The molecule has 6 aromatic carbocycles. The van der Waals surface area contributed by atoms with Gasteiger partial charge in [-0.25, -0.2) is 4.98 Å². The van der Waals surface area contributed by atoms with Crippen molar-refractivity contribution in [2.45, 2.75) is 6.92 Å². The predicted octanol–water partition coefficient (Wildman–Crippen LogP) is 12.5. The van der Waals surface area contributed by atoms with E-state index in [2.05, 4.69) is 146 Å². The van der Waals surface area contributed by atoms with Crippen LogP contribution in [0.1, 0.15) is 18.1 Å². The molecular formula is C44H31NO. The molecule has 0 saturated carbocycles. The lowest BCUT2D eigenvalue weighted by molar-refractivity contribution is 0.670. The Morgan fingerprint density at radius 1 is 0.587 bits per heavy atom. The van der Waals surface area contributed by atoms with E-state index in [0.29, 0.717) is 0 Å². The molecule has 0 aliphatic rings. The number of fused-ring (bicyclic) bond motifs is 5. The van der Waals surface area contributed by atoms with Crippen molar-refractivity contribution in [1.82, 2.24) is 4.98 Å². The number of allylic oxidation sites excluding steroid dienone is 1. The quantitative estimate of drug-likeness (QED) is 0.193. The Hall–Kier alpha value is -5.99. The second-order valence-electron chi connectivity index (χ2n) is 11.5. The van der Waals surface area contributed by atoms with Gasteiger partial charge in [-0.15, -0.1) is 0 Å². The number of nitrogens with zero attached hydrogens (tertiary/aromatic N) is 1. The van der Waals surface area contributed by atoms with Crippen molar-refractivity contribution in [2.24, 2.45) is 0 Å². The minimum atomic E-state index is 0.876. The number of pyridine rings is 1. The maximum absolute atomic E-state index is 6.70. The maximum Gasteiger partial charge on any atom is 0.143 e. The summed E-state index contributed by atoms with van der Waals surface area (Å²) in [6, 6.07) is 49.0. The zero-order chi connectivity index (χ0) is 31.0. The van der Waals surface area contributed by atoms with E-state index in [1.54, 1.807) is 0 Å². The first-order chi connectivity index (χ1) is 22.7. The van der Waals surface area contributed by atoms with Crippen molar-refractivity contribution in [1.29, 1.82) is 0 Å². The average molecular weight is 590 g/mol. The van der Waals surface area contributed by atoms with Gasteiger partial charge in [0, 0.05) is 27.5 Å². The van der Waals surface area contributed by atoms with Crippen LogP contribution < -0.4 is 0 Å². The molecule has 2 aromatic heterocycles. The smallest absolute Gasteiger partial charge is 0.143 e. The summed E-state index contributed by atoms with van der Waals surface area (Å²) in [4.78, 5) is 5.06. The molecule has 46 heavy (non-hydrogen) atoms.